The maximum Gasteiger partial charge on any atom is 0.238 e. The molecule has 2 N–H and O–H groups in total. The average Bonchev–Trinajstić information content (AvgIpc) is 2.31. The van der Waals surface area contributed by atoms with E-state index in [9.17, 15) is 8.42 Å². The van der Waals surface area contributed by atoms with Crippen molar-refractivity contribution in [3.05, 3.63) is 64.7 Å². The second-order valence-corrected chi connectivity index (χ2v) is 5.92. The zero-order valence-electron chi connectivity index (χ0n) is 9.51. The van der Waals surface area contributed by atoms with Gasteiger partial charge in [0.05, 0.1) is 4.90 Å². The van der Waals surface area contributed by atoms with Gasteiger partial charge in [-0.2, -0.15) is 0 Å². The van der Waals surface area contributed by atoms with Gasteiger partial charge in [-0.05, 0) is 35.7 Å². The number of sulfonamides is 1. The lowest BCUT2D eigenvalue weighted by atomic mass is 10.1. The van der Waals surface area contributed by atoms with Crippen molar-refractivity contribution < 1.29 is 8.42 Å². The Labute approximate surface area is 111 Å². The molecule has 0 aliphatic carbocycles. The minimum absolute atomic E-state index is 0.167. The van der Waals surface area contributed by atoms with Crippen LogP contribution in [0.3, 0.4) is 0 Å². The maximum absolute atomic E-state index is 11.5. The van der Waals surface area contributed by atoms with Crippen LogP contribution in [0.1, 0.15) is 11.1 Å². The molecular weight excluding hydrogens is 270 g/mol. The predicted octanol–water partition coefficient (Wildman–Crippen LogP) is 2.58. The second-order valence-electron chi connectivity index (χ2n) is 3.96. The highest BCUT2D eigenvalue weighted by atomic mass is 35.5. The van der Waals surface area contributed by atoms with Crippen molar-refractivity contribution in [1.82, 2.24) is 0 Å². The highest BCUT2D eigenvalue weighted by Crippen LogP contribution is 2.19. The minimum Gasteiger partial charge on any atom is -0.225 e. The summed E-state index contributed by atoms with van der Waals surface area (Å²) in [4.78, 5) is 0.167. The van der Waals surface area contributed by atoms with Crippen LogP contribution in [0, 0.1) is 0 Å². The Morgan fingerprint density at radius 1 is 1.00 bits per heavy atom. The number of nitrogens with two attached hydrogens (primary N) is 1. The molecule has 0 radical (unpaired) electrons. The Hall–Kier alpha value is -1.36. The predicted molar refractivity (Wildman–Crippen MR) is 72.1 cm³/mol. The van der Waals surface area contributed by atoms with Crippen molar-refractivity contribution in [3.63, 3.8) is 0 Å². The van der Waals surface area contributed by atoms with E-state index in [4.69, 9.17) is 16.7 Å². The Balaban J connectivity index is 2.38. The van der Waals surface area contributed by atoms with Crippen molar-refractivity contribution in [2.24, 2.45) is 5.14 Å². The molecule has 0 heterocycles. The Morgan fingerprint density at radius 3 is 2.22 bits per heavy atom. The van der Waals surface area contributed by atoms with Crippen LogP contribution >= 0.6 is 11.6 Å². The van der Waals surface area contributed by atoms with Crippen molar-refractivity contribution in [2.45, 2.75) is 11.3 Å². The lowest BCUT2D eigenvalue weighted by molar-refractivity contribution is 0.597. The molecule has 0 aliphatic rings. The SMILES string of the molecule is NS(=O)(=O)c1ccccc1Cc1ccc(Cl)cc1. The van der Waals surface area contributed by atoms with Crippen LogP contribution in [0.15, 0.2) is 53.4 Å². The van der Waals surface area contributed by atoms with Crippen LogP contribution in [-0.4, -0.2) is 8.42 Å². The molecule has 0 aromatic heterocycles. The van der Waals surface area contributed by atoms with Crippen LogP contribution in [0.5, 0.6) is 0 Å². The van der Waals surface area contributed by atoms with Gasteiger partial charge in [0.1, 0.15) is 0 Å². The summed E-state index contributed by atoms with van der Waals surface area (Å²) in [5.41, 5.74) is 1.66. The number of hydrogen-bond donors (Lipinski definition) is 1. The number of hydrogen-bond acceptors (Lipinski definition) is 2. The molecule has 0 bridgehead atoms. The molecule has 0 saturated heterocycles. The first-order chi connectivity index (χ1) is 8.47. The molecule has 2 aromatic carbocycles. The summed E-state index contributed by atoms with van der Waals surface area (Å²) < 4.78 is 22.9. The zero-order chi connectivity index (χ0) is 13.2. The van der Waals surface area contributed by atoms with E-state index >= 15 is 0 Å². The number of rotatable bonds is 3. The summed E-state index contributed by atoms with van der Waals surface area (Å²) in [6, 6.07) is 14.0. The highest BCUT2D eigenvalue weighted by molar-refractivity contribution is 7.89. The topological polar surface area (TPSA) is 60.2 Å². The summed E-state index contributed by atoms with van der Waals surface area (Å²) in [6.07, 6.45) is 0.504. The number of primary sulfonamides is 1. The molecule has 2 rings (SSSR count). The Kier molecular flexibility index (Phi) is 3.71. The van der Waals surface area contributed by atoms with Gasteiger partial charge in [0, 0.05) is 5.02 Å². The van der Waals surface area contributed by atoms with Gasteiger partial charge >= 0.3 is 0 Å². The van der Waals surface area contributed by atoms with Crippen molar-refractivity contribution >= 4 is 21.6 Å². The Morgan fingerprint density at radius 2 is 1.61 bits per heavy atom. The van der Waals surface area contributed by atoms with E-state index < -0.39 is 10.0 Å². The molecule has 0 aliphatic heterocycles. The molecule has 0 amide bonds. The van der Waals surface area contributed by atoms with Crippen LogP contribution in [0.4, 0.5) is 0 Å². The molecule has 0 atom stereocenters. The fourth-order valence-corrected chi connectivity index (χ4v) is 2.65. The molecule has 2 aromatic rings. The highest BCUT2D eigenvalue weighted by Gasteiger charge is 2.13. The van der Waals surface area contributed by atoms with Gasteiger partial charge in [0.25, 0.3) is 0 Å². The number of benzene rings is 2. The van der Waals surface area contributed by atoms with E-state index in [1.165, 1.54) is 6.07 Å². The fourth-order valence-electron chi connectivity index (χ4n) is 1.75. The van der Waals surface area contributed by atoms with Crippen LogP contribution < -0.4 is 5.14 Å². The third-order valence-corrected chi connectivity index (χ3v) is 3.85. The fraction of sp³-hybridized carbons (Fsp3) is 0.0769. The molecule has 3 nitrogen and oxygen atoms in total. The molecule has 0 saturated carbocycles. The quantitative estimate of drug-likeness (QED) is 0.940. The van der Waals surface area contributed by atoms with Crippen molar-refractivity contribution in [3.8, 4) is 0 Å². The first-order valence-electron chi connectivity index (χ1n) is 5.32. The van der Waals surface area contributed by atoms with E-state index in [0.29, 0.717) is 17.0 Å². The van der Waals surface area contributed by atoms with E-state index in [0.717, 1.165) is 5.56 Å². The minimum atomic E-state index is -3.69. The summed E-state index contributed by atoms with van der Waals surface area (Å²) in [6.45, 7) is 0. The third kappa shape index (κ3) is 3.10. The third-order valence-electron chi connectivity index (χ3n) is 2.59. The van der Waals surface area contributed by atoms with Gasteiger partial charge in [-0.1, -0.05) is 41.9 Å². The van der Waals surface area contributed by atoms with E-state index in [2.05, 4.69) is 0 Å². The normalized spacial score (nSPS) is 11.4. The molecular formula is C13H12ClNO2S. The molecule has 0 unspecified atom stereocenters. The van der Waals surface area contributed by atoms with Gasteiger partial charge in [0.15, 0.2) is 0 Å². The number of halogens is 1. The van der Waals surface area contributed by atoms with E-state index in [-0.39, 0.29) is 4.90 Å². The molecule has 18 heavy (non-hydrogen) atoms. The summed E-state index contributed by atoms with van der Waals surface area (Å²) in [5, 5.41) is 5.84. The summed E-state index contributed by atoms with van der Waals surface area (Å²) in [7, 11) is -3.69. The van der Waals surface area contributed by atoms with Gasteiger partial charge < -0.3 is 0 Å². The first-order valence-corrected chi connectivity index (χ1v) is 7.24. The molecule has 0 fully saturated rings. The second kappa shape index (κ2) is 5.10. The van der Waals surface area contributed by atoms with Crippen LogP contribution in [0.25, 0.3) is 0 Å². The van der Waals surface area contributed by atoms with Crippen molar-refractivity contribution in [1.29, 1.82) is 0 Å². The zero-order valence-corrected chi connectivity index (χ0v) is 11.1. The monoisotopic (exact) mass is 281 g/mol. The molecule has 94 valence electrons. The molecule has 5 heteroatoms. The van der Waals surface area contributed by atoms with E-state index in [1.807, 2.05) is 12.1 Å². The standard InChI is InChI=1S/C13H12ClNO2S/c14-12-7-5-10(6-8-12)9-11-3-1-2-4-13(11)18(15,16)17/h1-8H,9H2,(H2,15,16,17). The van der Waals surface area contributed by atoms with Crippen LogP contribution in [-0.2, 0) is 16.4 Å². The Bertz CT molecular complexity index is 651. The molecule has 0 spiro atoms. The smallest absolute Gasteiger partial charge is 0.225 e. The lowest BCUT2D eigenvalue weighted by Crippen LogP contribution is -2.14. The van der Waals surface area contributed by atoms with Gasteiger partial charge in [0.2, 0.25) is 10.0 Å². The maximum atomic E-state index is 11.5. The van der Waals surface area contributed by atoms with E-state index in [1.54, 1.807) is 30.3 Å². The van der Waals surface area contributed by atoms with Gasteiger partial charge in [-0.15, -0.1) is 0 Å². The summed E-state index contributed by atoms with van der Waals surface area (Å²) >= 11 is 5.80. The van der Waals surface area contributed by atoms with Gasteiger partial charge in [-0.3, -0.25) is 0 Å². The van der Waals surface area contributed by atoms with Crippen LogP contribution in [0.2, 0.25) is 5.02 Å². The lowest BCUT2D eigenvalue weighted by Gasteiger charge is -2.07. The average molecular weight is 282 g/mol. The van der Waals surface area contributed by atoms with Gasteiger partial charge in [-0.25, -0.2) is 13.6 Å². The first kappa shape index (κ1) is 13.1. The largest absolute Gasteiger partial charge is 0.238 e. The van der Waals surface area contributed by atoms with Crippen molar-refractivity contribution in [2.75, 3.05) is 0 Å². The summed E-state index contributed by atoms with van der Waals surface area (Å²) in [5.74, 6) is 0.